The Morgan fingerprint density at radius 1 is 1.42 bits per heavy atom. The Balaban J connectivity index is 1.58. The Morgan fingerprint density at radius 3 is 3.00 bits per heavy atom. The number of ether oxygens (including phenoxy) is 1. The SMILES string of the molecule is O=S(=O)(CCNCCc1cccs1)CC1CCCO1. The summed E-state index contributed by atoms with van der Waals surface area (Å²) in [7, 11) is -2.98. The summed E-state index contributed by atoms with van der Waals surface area (Å²) < 4.78 is 29.1. The number of nitrogens with one attached hydrogen (secondary N) is 1. The number of thiophene rings is 1. The first kappa shape index (κ1) is 15.0. The minimum absolute atomic E-state index is 0.0730. The lowest BCUT2D eigenvalue weighted by Gasteiger charge is -2.10. The van der Waals surface area contributed by atoms with Gasteiger partial charge in [-0.2, -0.15) is 0 Å². The lowest BCUT2D eigenvalue weighted by Crippen LogP contribution is -2.29. The molecule has 0 bridgehead atoms. The molecule has 2 heterocycles. The molecule has 1 aliphatic heterocycles. The monoisotopic (exact) mass is 303 g/mol. The average Bonchev–Trinajstić information content (AvgIpc) is 3.00. The summed E-state index contributed by atoms with van der Waals surface area (Å²) in [4.78, 5) is 1.33. The second-order valence-electron chi connectivity index (χ2n) is 4.83. The summed E-state index contributed by atoms with van der Waals surface area (Å²) in [5.41, 5.74) is 0. The molecule has 0 amide bonds. The van der Waals surface area contributed by atoms with Crippen LogP contribution in [0.2, 0.25) is 0 Å². The maximum Gasteiger partial charge on any atom is 0.154 e. The van der Waals surface area contributed by atoms with Gasteiger partial charge in [-0.05, 0) is 37.3 Å². The third-order valence-electron chi connectivity index (χ3n) is 3.18. The topological polar surface area (TPSA) is 55.4 Å². The Bertz CT molecular complexity index is 450. The minimum atomic E-state index is -2.98. The fourth-order valence-electron chi connectivity index (χ4n) is 2.16. The zero-order chi connectivity index (χ0) is 13.6. The number of sulfone groups is 1. The van der Waals surface area contributed by atoms with Gasteiger partial charge in [0.25, 0.3) is 0 Å². The third kappa shape index (κ3) is 5.60. The number of hydrogen-bond acceptors (Lipinski definition) is 5. The largest absolute Gasteiger partial charge is 0.377 e. The zero-order valence-corrected chi connectivity index (χ0v) is 12.6. The van der Waals surface area contributed by atoms with Crippen LogP contribution in [0.15, 0.2) is 17.5 Å². The van der Waals surface area contributed by atoms with Gasteiger partial charge in [0.2, 0.25) is 0 Å². The van der Waals surface area contributed by atoms with Crippen LogP contribution in [0.5, 0.6) is 0 Å². The predicted molar refractivity (Wildman–Crippen MR) is 78.5 cm³/mol. The van der Waals surface area contributed by atoms with Gasteiger partial charge in [-0.25, -0.2) is 8.42 Å². The smallest absolute Gasteiger partial charge is 0.154 e. The van der Waals surface area contributed by atoms with E-state index in [0.29, 0.717) is 13.2 Å². The highest BCUT2D eigenvalue weighted by atomic mass is 32.2. The molecule has 1 atom stereocenters. The first-order valence-corrected chi connectivity index (χ1v) is 9.41. The maximum absolute atomic E-state index is 11.9. The fraction of sp³-hybridized carbons (Fsp3) is 0.692. The molecule has 1 aliphatic rings. The van der Waals surface area contributed by atoms with Crippen LogP contribution >= 0.6 is 11.3 Å². The van der Waals surface area contributed by atoms with Gasteiger partial charge in [0, 0.05) is 18.0 Å². The van der Waals surface area contributed by atoms with Crippen LogP contribution in [-0.2, 0) is 21.0 Å². The van der Waals surface area contributed by atoms with Crippen molar-refractivity contribution in [3.8, 4) is 0 Å². The molecular formula is C13H21NO3S2. The molecule has 1 aromatic rings. The van der Waals surface area contributed by atoms with Crippen molar-refractivity contribution >= 4 is 21.2 Å². The molecule has 108 valence electrons. The molecule has 4 nitrogen and oxygen atoms in total. The van der Waals surface area contributed by atoms with Gasteiger partial charge < -0.3 is 10.1 Å². The van der Waals surface area contributed by atoms with Crippen molar-refractivity contribution in [3.63, 3.8) is 0 Å². The summed E-state index contributed by atoms with van der Waals surface area (Å²) in [5, 5.41) is 5.25. The van der Waals surface area contributed by atoms with Crippen LogP contribution in [0.3, 0.4) is 0 Å². The van der Waals surface area contributed by atoms with Gasteiger partial charge in [0.1, 0.15) is 0 Å². The molecular weight excluding hydrogens is 282 g/mol. The zero-order valence-electron chi connectivity index (χ0n) is 11.0. The molecule has 0 aliphatic carbocycles. The Morgan fingerprint density at radius 2 is 2.32 bits per heavy atom. The third-order valence-corrected chi connectivity index (χ3v) is 5.82. The summed E-state index contributed by atoms with van der Waals surface area (Å²) >= 11 is 1.73. The standard InChI is InChI=1S/C13H21NO3S2/c15-19(16,11-12-3-1-8-17-12)10-7-14-6-5-13-4-2-9-18-13/h2,4,9,12,14H,1,3,5-8,10-11H2. The van der Waals surface area contributed by atoms with Gasteiger partial charge in [0.15, 0.2) is 9.84 Å². The molecule has 1 fully saturated rings. The normalized spacial score (nSPS) is 19.9. The van der Waals surface area contributed by atoms with Crippen LogP contribution < -0.4 is 5.32 Å². The van der Waals surface area contributed by atoms with Crippen LogP contribution in [0.25, 0.3) is 0 Å². The fourth-order valence-corrected chi connectivity index (χ4v) is 4.32. The molecule has 0 spiro atoms. The van der Waals surface area contributed by atoms with Gasteiger partial charge in [-0.1, -0.05) is 6.07 Å². The lowest BCUT2D eigenvalue weighted by molar-refractivity contribution is 0.127. The van der Waals surface area contributed by atoms with E-state index in [0.717, 1.165) is 25.8 Å². The first-order chi connectivity index (χ1) is 9.16. The van der Waals surface area contributed by atoms with E-state index >= 15 is 0 Å². The van der Waals surface area contributed by atoms with E-state index in [1.807, 2.05) is 6.07 Å². The van der Waals surface area contributed by atoms with Crippen LogP contribution in [0.4, 0.5) is 0 Å². The van der Waals surface area contributed by atoms with E-state index in [4.69, 9.17) is 4.74 Å². The molecule has 2 rings (SSSR count). The van der Waals surface area contributed by atoms with Crippen molar-refractivity contribution in [1.29, 1.82) is 0 Å². The van der Waals surface area contributed by atoms with E-state index in [1.165, 1.54) is 4.88 Å². The van der Waals surface area contributed by atoms with Crippen molar-refractivity contribution in [1.82, 2.24) is 5.32 Å². The molecule has 19 heavy (non-hydrogen) atoms. The molecule has 1 aromatic heterocycles. The Labute approximate surface area is 119 Å². The molecule has 1 saturated heterocycles. The lowest BCUT2D eigenvalue weighted by atomic mass is 10.3. The van der Waals surface area contributed by atoms with Crippen LogP contribution in [0.1, 0.15) is 17.7 Å². The van der Waals surface area contributed by atoms with Gasteiger partial charge >= 0.3 is 0 Å². The van der Waals surface area contributed by atoms with E-state index in [-0.39, 0.29) is 17.6 Å². The summed E-state index contributed by atoms with van der Waals surface area (Å²) in [6.45, 7) is 2.07. The Hall–Kier alpha value is -0.430. The van der Waals surface area contributed by atoms with Crippen molar-refractivity contribution in [3.05, 3.63) is 22.4 Å². The van der Waals surface area contributed by atoms with E-state index in [9.17, 15) is 8.42 Å². The maximum atomic E-state index is 11.9. The highest BCUT2D eigenvalue weighted by molar-refractivity contribution is 7.91. The van der Waals surface area contributed by atoms with Crippen molar-refractivity contribution in [2.24, 2.45) is 0 Å². The highest BCUT2D eigenvalue weighted by Crippen LogP contribution is 2.14. The number of hydrogen-bond donors (Lipinski definition) is 1. The van der Waals surface area contributed by atoms with E-state index in [1.54, 1.807) is 11.3 Å². The summed E-state index contributed by atoms with van der Waals surface area (Å²) in [6.07, 6.45) is 2.75. The van der Waals surface area contributed by atoms with E-state index < -0.39 is 9.84 Å². The van der Waals surface area contributed by atoms with Crippen molar-refractivity contribution < 1.29 is 13.2 Å². The average molecular weight is 303 g/mol. The van der Waals surface area contributed by atoms with Crippen LogP contribution in [0, 0.1) is 0 Å². The summed E-state index contributed by atoms with van der Waals surface area (Å²) in [5.74, 6) is 0.386. The first-order valence-electron chi connectivity index (χ1n) is 6.71. The van der Waals surface area contributed by atoms with E-state index in [2.05, 4.69) is 16.8 Å². The Kier molecular flexibility index (Phi) is 5.81. The molecule has 6 heteroatoms. The van der Waals surface area contributed by atoms with Crippen molar-refractivity contribution in [2.45, 2.75) is 25.4 Å². The van der Waals surface area contributed by atoms with Gasteiger partial charge in [-0.3, -0.25) is 0 Å². The minimum Gasteiger partial charge on any atom is -0.377 e. The summed E-state index contributed by atoms with van der Waals surface area (Å²) in [6, 6.07) is 4.13. The molecule has 0 radical (unpaired) electrons. The molecule has 0 aromatic carbocycles. The van der Waals surface area contributed by atoms with Gasteiger partial charge in [-0.15, -0.1) is 11.3 Å². The quantitative estimate of drug-likeness (QED) is 0.739. The highest BCUT2D eigenvalue weighted by Gasteiger charge is 2.22. The van der Waals surface area contributed by atoms with Crippen LogP contribution in [-0.4, -0.2) is 45.7 Å². The molecule has 1 unspecified atom stereocenters. The molecule has 1 N–H and O–H groups in total. The predicted octanol–water partition coefficient (Wildman–Crippen LogP) is 1.47. The van der Waals surface area contributed by atoms with Crippen molar-refractivity contribution in [2.75, 3.05) is 31.2 Å². The second-order valence-corrected chi connectivity index (χ2v) is 8.09. The molecule has 0 saturated carbocycles. The second kappa shape index (κ2) is 7.38. The number of rotatable bonds is 8. The van der Waals surface area contributed by atoms with Gasteiger partial charge in [0.05, 0.1) is 17.6 Å².